The van der Waals surface area contributed by atoms with Crippen molar-refractivity contribution in [3.63, 3.8) is 0 Å². The second kappa shape index (κ2) is 7.98. The molecular weight excluding hydrogens is 140 g/mol. The summed E-state index contributed by atoms with van der Waals surface area (Å²) in [5, 5.41) is 5.26. The zero-order chi connectivity index (χ0) is 8.53. The molecule has 0 saturated carbocycles. The quantitative estimate of drug-likeness (QED) is 0.648. The molecule has 0 spiro atoms. The van der Waals surface area contributed by atoms with E-state index >= 15 is 0 Å². The van der Waals surface area contributed by atoms with Gasteiger partial charge in [0.1, 0.15) is 0 Å². The maximum atomic E-state index is 5.28. The summed E-state index contributed by atoms with van der Waals surface area (Å²) < 4.78 is 0. The maximum absolute atomic E-state index is 5.28. The fourth-order valence-electron chi connectivity index (χ4n) is 0.956. The third-order valence-corrected chi connectivity index (χ3v) is 1.39. The minimum Gasteiger partial charge on any atom is -0.314 e. The Bertz CT molecular complexity index is 69.7. The summed E-state index contributed by atoms with van der Waals surface area (Å²) in [4.78, 5) is 5.28. The Balaban J connectivity index is 0.000000461. The minimum absolute atomic E-state index is 0.792. The van der Waals surface area contributed by atoms with E-state index in [1.807, 2.05) is 25.8 Å². The summed E-state index contributed by atoms with van der Waals surface area (Å²) in [6.07, 6.45) is 0. The average molecular weight is 160 g/mol. The molecule has 1 rings (SSSR count). The van der Waals surface area contributed by atoms with Crippen LogP contribution in [0.5, 0.6) is 0 Å². The van der Waals surface area contributed by atoms with E-state index in [9.17, 15) is 0 Å². The highest BCUT2D eigenvalue weighted by molar-refractivity contribution is 4.59. The van der Waals surface area contributed by atoms with Crippen LogP contribution in [-0.2, 0) is 4.84 Å². The van der Waals surface area contributed by atoms with Gasteiger partial charge in [-0.05, 0) is 6.92 Å². The molecule has 3 heteroatoms. The predicted octanol–water partition coefficient (Wildman–Crippen LogP) is 0.869. The number of hydrogen-bond acceptors (Lipinski definition) is 3. The van der Waals surface area contributed by atoms with Gasteiger partial charge in [-0.3, -0.25) is 4.84 Å². The molecule has 1 N–H and O–H groups in total. The van der Waals surface area contributed by atoms with Gasteiger partial charge in [0.2, 0.25) is 0 Å². The van der Waals surface area contributed by atoms with E-state index in [2.05, 4.69) is 5.32 Å². The minimum atomic E-state index is 0.792. The number of piperazine rings is 1. The second-order valence-corrected chi connectivity index (χ2v) is 2.10. The van der Waals surface area contributed by atoms with Crippen LogP contribution in [0.3, 0.4) is 0 Å². The first-order chi connectivity index (χ1) is 5.43. The molecule has 0 aliphatic carbocycles. The molecule has 0 bridgehead atoms. The number of hydroxylamine groups is 2. The molecular formula is C8H20N2O. The van der Waals surface area contributed by atoms with E-state index in [1.165, 1.54) is 0 Å². The van der Waals surface area contributed by atoms with E-state index < -0.39 is 0 Å². The first-order valence-corrected chi connectivity index (χ1v) is 4.52. The van der Waals surface area contributed by atoms with E-state index in [1.54, 1.807) is 0 Å². The van der Waals surface area contributed by atoms with Crippen LogP contribution in [0.1, 0.15) is 20.8 Å². The van der Waals surface area contributed by atoms with Gasteiger partial charge in [-0.1, -0.05) is 13.8 Å². The molecule has 0 amide bonds. The zero-order valence-electron chi connectivity index (χ0n) is 7.89. The van der Waals surface area contributed by atoms with E-state index in [-0.39, 0.29) is 0 Å². The van der Waals surface area contributed by atoms with Crippen molar-refractivity contribution in [3.05, 3.63) is 0 Å². The summed E-state index contributed by atoms with van der Waals surface area (Å²) in [7, 11) is 0. The lowest BCUT2D eigenvalue weighted by atomic mass is 10.4. The van der Waals surface area contributed by atoms with Crippen LogP contribution in [-0.4, -0.2) is 37.8 Å². The van der Waals surface area contributed by atoms with Crippen molar-refractivity contribution >= 4 is 0 Å². The zero-order valence-corrected chi connectivity index (χ0v) is 7.89. The van der Waals surface area contributed by atoms with Crippen LogP contribution < -0.4 is 5.32 Å². The van der Waals surface area contributed by atoms with Crippen LogP contribution in [0.25, 0.3) is 0 Å². The molecule has 1 fully saturated rings. The Labute approximate surface area is 69.7 Å². The normalized spacial score (nSPS) is 18.8. The van der Waals surface area contributed by atoms with Gasteiger partial charge in [0.15, 0.2) is 0 Å². The largest absolute Gasteiger partial charge is 0.314 e. The van der Waals surface area contributed by atoms with Crippen LogP contribution >= 0.6 is 0 Å². The van der Waals surface area contributed by atoms with Gasteiger partial charge in [-0.15, -0.1) is 0 Å². The summed E-state index contributed by atoms with van der Waals surface area (Å²) in [6, 6.07) is 0. The smallest absolute Gasteiger partial charge is 0.0656 e. The van der Waals surface area contributed by atoms with Gasteiger partial charge in [0.25, 0.3) is 0 Å². The molecule has 1 heterocycles. The molecule has 0 aromatic carbocycles. The topological polar surface area (TPSA) is 24.5 Å². The van der Waals surface area contributed by atoms with Crippen LogP contribution in [0.15, 0.2) is 0 Å². The van der Waals surface area contributed by atoms with Gasteiger partial charge in [0, 0.05) is 26.2 Å². The first kappa shape index (κ1) is 10.9. The monoisotopic (exact) mass is 160 g/mol. The van der Waals surface area contributed by atoms with Crippen molar-refractivity contribution < 1.29 is 4.84 Å². The molecule has 11 heavy (non-hydrogen) atoms. The van der Waals surface area contributed by atoms with Gasteiger partial charge >= 0.3 is 0 Å². The Kier molecular flexibility index (Phi) is 7.89. The molecule has 0 unspecified atom stereocenters. The van der Waals surface area contributed by atoms with Crippen molar-refractivity contribution in [2.45, 2.75) is 20.8 Å². The van der Waals surface area contributed by atoms with Crippen LogP contribution in [0.4, 0.5) is 0 Å². The van der Waals surface area contributed by atoms with Crippen molar-refractivity contribution in [2.24, 2.45) is 0 Å². The molecule has 3 nitrogen and oxygen atoms in total. The van der Waals surface area contributed by atoms with Crippen molar-refractivity contribution in [1.29, 1.82) is 0 Å². The number of rotatable bonds is 2. The summed E-state index contributed by atoms with van der Waals surface area (Å²) in [5.74, 6) is 0. The lowest BCUT2D eigenvalue weighted by Crippen LogP contribution is -2.43. The molecule has 1 saturated heterocycles. The maximum Gasteiger partial charge on any atom is 0.0656 e. The van der Waals surface area contributed by atoms with E-state index in [0.29, 0.717) is 0 Å². The predicted molar refractivity (Wildman–Crippen MR) is 47.4 cm³/mol. The number of nitrogens with one attached hydrogen (secondary N) is 1. The highest BCUT2D eigenvalue weighted by Crippen LogP contribution is 1.91. The third-order valence-electron chi connectivity index (χ3n) is 1.39. The summed E-state index contributed by atoms with van der Waals surface area (Å²) in [6.45, 7) is 11.0. The Morgan fingerprint density at radius 2 is 1.82 bits per heavy atom. The first-order valence-electron chi connectivity index (χ1n) is 4.52. The number of nitrogens with zero attached hydrogens (tertiary/aromatic N) is 1. The van der Waals surface area contributed by atoms with Gasteiger partial charge in [-0.2, -0.15) is 5.06 Å². The fourth-order valence-corrected chi connectivity index (χ4v) is 0.956. The Morgan fingerprint density at radius 1 is 1.27 bits per heavy atom. The SMILES string of the molecule is CC.CCON1CCNCC1. The fraction of sp³-hybridized carbons (Fsp3) is 1.00. The standard InChI is InChI=1S/C6H14N2O.C2H6/c1-2-9-8-5-3-7-4-6-8;1-2/h7H,2-6H2,1H3;1-2H3. The molecule has 1 aliphatic heterocycles. The molecule has 0 radical (unpaired) electrons. The Hall–Kier alpha value is -0.120. The molecule has 0 aromatic rings. The van der Waals surface area contributed by atoms with Gasteiger partial charge in [0.05, 0.1) is 6.61 Å². The second-order valence-electron chi connectivity index (χ2n) is 2.10. The lowest BCUT2D eigenvalue weighted by Gasteiger charge is -2.25. The average Bonchev–Trinajstić information content (AvgIpc) is 2.11. The van der Waals surface area contributed by atoms with Crippen LogP contribution in [0.2, 0.25) is 0 Å². The molecule has 0 atom stereocenters. The highest BCUT2D eigenvalue weighted by atomic mass is 16.7. The summed E-state index contributed by atoms with van der Waals surface area (Å²) in [5.41, 5.74) is 0. The van der Waals surface area contributed by atoms with Crippen molar-refractivity contribution in [1.82, 2.24) is 10.4 Å². The third kappa shape index (κ3) is 5.18. The Morgan fingerprint density at radius 3 is 2.27 bits per heavy atom. The molecule has 1 aliphatic rings. The van der Waals surface area contributed by atoms with Gasteiger partial charge < -0.3 is 5.32 Å². The summed E-state index contributed by atoms with van der Waals surface area (Å²) >= 11 is 0. The number of hydrogen-bond donors (Lipinski definition) is 1. The van der Waals surface area contributed by atoms with E-state index in [0.717, 1.165) is 32.8 Å². The highest BCUT2D eigenvalue weighted by Gasteiger charge is 2.07. The van der Waals surface area contributed by atoms with Crippen LogP contribution in [0, 0.1) is 0 Å². The van der Waals surface area contributed by atoms with E-state index in [4.69, 9.17) is 4.84 Å². The lowest BCUT2D eigenvalue weighted by molar-refractivity contribution is -0.159. The van der Waals surface area contributed by atoms with Gasteiger partial charge in [-0.25, -0.2) is 0 Å². The van der Waals surface area contributed by atoms with Crippen molar-refractivity contribution in [3.8, 4) is 0 Å². The van der Waals surface area contributed by atoms with Crippen molar-refractivity contribution in [2.75, 3.05) is 32.8 Å². The molecule has 0 aromatic heterocycles. The molecule has 68 valence electrons.